The molecule has 0 saturated carbocycles. The second kappa shape index (κ2) is 5.67. The molecule has 100 valence electrons. The van der Waals surface area contributed by atoms with Crippen molar-refractivity contribution in [1.29, 1.82) is 5.26 Å². The molecule has 0 spiro atoms. The van der Waals surface area contributed by atoms with Crippen molar-refractivity contribution in [1.82, 2.24) is 0 Å². The molecular weight excluding hydrogens is 246 g/mol. The van der Waals surface area contributed by atoms with Crippen LogP contribution in [0.1, 0.15) is 25.3 Å². The molecule has 19 heavy (non-hydrogen) atoms. The number of anilines is 1. The highest BCUT2D eigenvalue weighted by atomic mass is 16.6. The summed E-state index contributed by atoms with van der Waals surface area (Å²) in [6, 6.07) is 6.25. The van der Waals surface area contributed by atoms with Gasteiger partial charge in [-0.05, 0) is 31.9 Å². The number of hydrogen-bond acceptors (Lipinski definition) is 5. The molecule has 0 amide bonds. The van der Waals surface area contributed by atoms with Crippen LogP contribution in [-0.2, 0) is 4.74 Å². The van der Waals surface area contributed by atoms with Crippen LogP contribution in [0.5, 0.6) is 0 Å². The molecule has 0 aromatic heterocycles. The van der Waals surface area contributed by atoms with E-state index in [9.17, 15) is 10.1 Å². The van der Waals surface area contributed by atoms with Gasteiger partial charge in [0, 0.05) is 18.7 Å². The number of nitrogens with one attached hydrogen (secondary N) is 1. The molecule has 1 heterocycles. The quantitative estimate of drug-likeness (QED) is 0.664. The van der Waals surface area contributed by atoms with Gasteiger partial charge in [-0.1, -0.05) is 0 Å². The van der Waals surface area contributed by atoms with Crippen molar-refractivity contribution in [3.8, 4) is 6.07 Å². The summed E-state index contributed by atoms with van der Waals surface area (Å²) in [5, 5.41) is 22.9. The van der Waals surface area contributed by atoms with Crippen molar-refractivity contribution in [2.75, 3.05) is 11.9 Å². The van der Waals surface area contributed by atoms with Gasteiger partial charge in [0.25, 0.3) is 5.69 Å². The fourth-order valence-electron chi connectivity index (χ4n) is 2.22. The van der Waals surface area contributed by atoms with Crippen molar-refractivity contribution in [2.24, 2.45) is 0 Å². The second-order valence-electron chi connectivity index (χ2n) is 4.59. The zero-order valence-corrected chi connectivity index (χ0v) is 10.6. The molecule has 1 fully saturated rings. The fraction of sp³-hybridized carbons (Fsp3) is 0.462. The van der Waals surface area contributed by atoms with E-state index < -0.39 is 4.92 Å². The van der Waals surface area contributed by atoms with Crippen molar-refractivity contribution in [3.05, 3.63) is 33.9 Å². The highest BCUT2D eigenvalue weighted by Crippen LogP contribution is 2.27. The molecule has 1 aliphatic heterocycles. The maximum absolute atomic E-state index is 11.0. The summed E-state index contributed by atoms with van der Waals surface area (Å²) in [5.41, 5.74) is 0.739. The molecule has 2 atom stereocenters. The first-order valence-electron chi connectivity index (χ1n) is 6.18. The SMILES string of the molecule is CC(Nc1cc(C#N)ccc1[N+](=O)[O-])C1CCCO1. The van der Waals surface area contributed by atoms with Gasteiger partial charge in [0.15, 0.2) is 0 Å². The molecule has 0 bridgehead atoms. The maximum atomic E-state index is 11.0. The highest BCUT2D eigenvalue weighted by Gasteiger charge is 2.24. The van der Waals surface area contributed by atoms with Gasteiger partial charge in [-0.2, -0.15) is 5.26 Å². The highest BCUT2D eigenvalue weighted by molar-refractivity contribution is 5.64. The first-order valence-corrected chi connectivity index (χ1v) is 6.18. The zero-order valence-electron chi connectivity index (χ0n) is 10.6. The van der Waals surface area contributed by atoms with E-state index in [4.69, 9.17) is 10.00 Å². The molecule has 0 radical (unpaired) electrons. The molecule has 1 saturated heterocycles. The third-order valence-corrected chi connectivity index (χ3v) is 3.23. The molecule has 1 aromatic rings. The van der Waals surface area contributed by atoms with Gasteiger partial charge in [0.05, 0.1) is 22.7 Å². The van der Waals surface area contributed by atoms with E-state index in [1.165, 1.54) is 18.2 Å². The van der Waals surface area contributed by atoms with Crippen molar-refractivity contribution < 1.29 is 9.66 Å². The lowest BCUT2D eigenvalue weighted by Gasteiger charge is -2.21. The Morgan fingerprint density at radius 2 is 2.42 bits per heavy atom. The Bertz CT molecular complexity index is 518. The van der Waals surface area contributed by atoms with Crippen LogP contribution < -0.4 is 5.32 Å². The summed E-state index contributed by atoms with van der Waals surface area (Å²) in [7, 11) is 0. The number of nitriles is 1. The lowest BCUT2D eigenvalue weighted by atomic mass is 10.1. The topological polar surface area (TPSA) is 88.2 Å². The molecule has 6 heteroatoms. The van der Waals surface area contributed by atoms with Crippen molar-refractivity contribution in [3.63, 3.8) is 0 Å². The summed E-state index contributed by atoms with van der Waals surface area (Å²) in [4.78, 5) is 10.5. The molecule has 0 aliphatic carbocycles. The van der Waals surface area contributed by atoms with Gasteiger partial charge in [-0.3, -0.25) is 10.1 Å². The number of hydrogen-bond donors (Lipinski definition) is 1. The average molecular weight is 261 g/mol. The first kappa shape index (κ1) is 13.3. The second-order valence-corrected chi connectivity index (χ2v) is 4.59. The number of rotatable bonds is 4. The van der Waals surface area contributed by atoms with Crippen molar-refractivity contribution >= 4 is 11.4 Å². The monoisotopic (exact) mass is 261 g/mol. The van der Waals surface area contributed by atoms with Gasteiger partial charge in [0.1, 0.15) is 5.69 Å². The molecule has 2 unspecified atom stereocenters. The van der Waals surface area contributed by atoms with Gasteiger partial charge >= 0.3 is 0 Å². The number of nitrogens with zero attached hydrogens (tertiary/aromatic N) is 2. The number of nitro groups is 1. The lowest BCUT2D eigenvalue weighted by molar-refractivity contribution is -0.384. The van der Waals surface area contributed by atoms with Gasteiger partial charge in [-0.25, -0.2) is 0 Å². The lowest BCUT2D eigenvalue weighted by Crippen LogP contribution is -2.30. The first-order chi connectivity index (χ1) is 9.11. The van der Waals surface area contributed by atoms with E-state index in [1.54, 1.807) is 0 Å². The van der Waals surface area contributed by atoms with Gasteiger partial charge in [0.2, 0.25) is 0 Å². The summed E-state index contributed by atoms with van der Waals surface area (Å²) < 4.78 is 5.55. The van der Waals surface area contributed by atoms with Crippen LogP contribution in [0.25, 0.3) is 0 Å². The smallest absolute Gasteiger partial charge is 0.292 e. The number of nitro benzene ring substituents is 1. The summed E-state index contributed by atoms with van der Waals surface area (Å²) >= 11 is 0. The zero-order chi connectivity index (χ0) is 13.8. The Morgan fingerprint density at radius 1 is 1.63 bits per heavy atom. The van der Waals surface area contributed by atoms with Crippen LogP contribution in [0.4, 0.5) is 11.4 Å². The largest absolute Gasteiger partial charge is 0.376 e. The van der Waals surface area contributed by atoms with Crippen LogP contribution in [0.3, 0.4) is 0 Å². The molecular formula is C13H15N3O3. The maximum Gasteiger partial charge on any atom is 0.292 e. The minimum absolute atomic E-state index is 0.0242. The predicted octanol–water partition coefficient (Wildman–Crippen LogP) is 2.45. The molecule has 1 aliphatic rings. The minimum Gasteiger partial charge on any atom is -0.376 e. The summed E-state index contributed by atoms with van der Waals surface area (Å²) in [6.07, 6.45) is 2.02. The molecule has 1 N–H and O–H groups in total. The van der Waals surface area contributed by atoms with E-state index in [0.29, 0.717) is 11.3 Å². The standard InChI is InChI=1S/C13H15N3O3/c1-9(13-3-2-6-19-13)15-11-7-10(8-14)4-5-12(11)16(17)18/h4-5,7,9,13,15H,2-3,6H2,1H3. The van der Waals surface area contributed by atoms with E-state index in [2.05, 4.69) is 5.32 Å². The van der Waals surface area contributed by atoms with Crippen LogP contribution >= 0.6 is 0 Å². The van der Waals surface area contributed by atoms with E-state index >= 15 is 0 Å². The third-order valence-electron chi connectivity index (χ3n) is 3.23. The van der Waals surface area contributed by atoms with Gasteiger partial charge < -0.3 is 10.1 Å². The Kier molecular flexibility index (Phi) is 3.97. The Labute approximate surface area is 111 Å². The Morgan fingerprint density at radius 3 is 3.00 bits per heavy atom. The molecule has 1 aromatic carbocycles. The van der Waals surface area contributed by atoms with Crippen LogP contribution in [0, 0.1) is 21.4 Å². The van der Waals surface area contributed by atoms with E-state index in [0.717, 1.165) is 19.4 Å². The normalized spacial score (nSPS) is 19.7. The number of ether oxygens (including phenoxy) is 1. The summed E-state index contributed by atoms with van der Waals surface area (Å²) in [5.74, 6) is 0. The predicted molar refractivity (Wildman–Crippen MR) is 69.9 cm³/mol. The summed E-state index contributed by atoms with van der Waals surface area (Å²) in [6.45, 7) is 2.66. The Balaban J connectivity index is 2.21. The van der Waals surface area contributed by atoms with E-state index in [1.807, 2.05) is 13.0 Å². The molecule has 2 rings (SSSR count). The minimum atomic E-state index is -0.453. The van der Waals surface area contributed by atoms with Crippen LogP contribution in [0.15, 0.2) is 18.2 Å². The molecule has 6 nitrogen and oxygen atoms in total. The van der Waals surface area contributed by atoms with E-state index in [-0.39, 0.29) is 17.8 Å². The number of benzene rings is 1. The fourth-order valence-corrected chi connectivity index (χ4v) is 2.22. The van der Waals surface area contributed by atoms with Crippen molar-refractivity contribution in [2.45, 2.75) is 31.9 Å². The van der Waals surface area contributed by atoms with Crippen LogP contribution in [-0.4, -0.2) is 23.7 Å². The third kappa shape index (κ3) is 3.01. The van der Waals surface area contributed by atoms with Crippen LogP contribution in [0.2, 0.25) is 0 Å². The van der Waals surface area contributed by atoms with Gasteiger partial charge in [-0.15, -0.1) is 0 Å². The average Bonchev–Trinajstić information content (AvgIpc) is 2.92. The Hall–Kier alpha value is -2.13.